The van der Waals surface area contributed by atoms with Crippen molar-refractivity contribution in [3.05, 3.63) is 72.4 Å². The van der Waals surface area contributed by atoms with E-state index in [1.54, 1.807) is 48.7 Å². The van der Waals surface area contributed by atoms with E-state index in [1.807, 2.05) is 0 Å². The fourth-order valence-electron chi connectivity index (χ4n) is 2.16. The third-order valence-corrected chi connectivity index (χ3v) is 3.38. The van der Waals surface area contributed by atoms with Crippen LogP contribution in [0.5, 0.6) is 5.75 Å². The van der Waals surface area contributed by atoms with Crippen LogP contribution >= 0.6 is 0 Å². The van der Waals surface area contributed by atoms with Crippen molar-refractivity contribution in [1.82, 2.24) is 4.98 Å². The van der Waals surface area contributed by atoms with Gasteiger partial charge in [-0.05, 0) is 36.4 Å². The van der Waals surface area contributed by atoms with Crippen LogP contribution in [-0.2, 0) is 0 Å². The first kappa shape index (κ1) is 16.3. The molecule has 7 nitrogen and oxygen atoms in total. The van der Waals surface area contributed by atoms with Gasteiger partial charge in [0.25, 0.3) is 11.8 Å². The summed E-state index contributed by atoms with van der Waals surface area (Å²) in [7, 11) is 1.48. The van der Waals surface area contributed by atoms with Gasteiger partial charge in [0.1, 0.15) is 5.75 Å². The molecule has 0 aliphatic carbocycles. The number of carbonyl (C=O) groups is 2. The predicted molar refractivity (Wildman–Crippen MR) is 91.8 cm³/mol. The van der Waals surface area contributed by atoms with Gasteiger partial charge in [-0.1, -0.05) is 0 Å². The largest absolute Gasteiger partial charge is 0.494 e. The van der Waals surface area contributed by atoms with Gasteiger partial charge in [-0.25, -0.2) is 0 Å². The van der Waals surface area contributed by atoms with E-state index >= 15 is 0 Å². The second-order valence-electron chi connectivity index (χ2n) is 5.04. The summed E-state index contributed by atoms with van der Waals surface area (Å²) < 4.78 is 10.3. The predicted octanol–water partition coefficient (Wildman–Crippen LogP) is 3.19. The molecule has 3 aromatic rings. The number of furan rings is 1. The Kier molecular flexibility index (Phi) is 4.75. The third kappa shape index (κ3) is 3.84. The fraction of sp³-hybridized carbons (Fsp3) is 0.0556. The molecular formula is C18H15N3O4. The molecule has 0 atom stereocenters. The van der Waals surface area contributed by atoms with Crippen LogP contribution in [0.4, 0.5) is 11.4 Å². The number of hydrogen-bond donors (Lipinski definition) is 2. The number of nitrogens with zero attached hydrogens (tertiary/aromatic N) is 1. The number of ether oxygens (including phenoxy) is 1. The van der Waals surface area contributed by atoms with E-state index in [9.17, 15) is 9.59 Å². The van der Waals surface area contributed by atoms with Crippen molar-refractivity contribution in [2.24, 2.45) is 0 Å². The van der Waals surface area contributed by atoms with Crippen molar-refractivity contribution in [2.75, 3.05) is 17.7 Å². The van der Waals surface area contributed by atoms with E-state index < -0.39 is 5.91 Å². The molecule has 0 saturated heterocycles. The summed E-state index contributed by atoms with van der Waals surface area (Å²) in [4.78, 5) is 28.1. The van der Waals surface area contributed by atoms with Crippen molar-refractivity contribution in [3.63, 3.8) is 0 Å². The summed E-state index contributed by atoms with van der Waals surface area (Å²) in [6, 6.07) is 11.5. The van der Waals surface area contributed by atoms with E-state index in [4.69, 9.17) is 9.15 Å². The first-order valence-electron chi connectivity index (χ1n) is 7.41. The molecular weight excluding hydrogens is 322 g/mol. The molecule has 2 N–H and O–H groups in total. The van der Waals surface area contributed by atoms with Crippen LogP contribution in [0.15, 0.2) is 65.5 Å². The molecule has 0 spiro atoms. The summed E-state index contributed by atoms with van der Waals surface area (Å²) in [5.41, 5.74) is 1.43. The van der Waals surface area contributed by atoms with Gasteiger partial charge in [0.15, 0.2) is 5.76 Å². The van der Waals surface area contributed by atoms with Gasteiger partial charge in [0, 0.05) is 24.1 Å². The van der Waals surface area contributed by atoms with Gasteiger partial charge in [-0.3, -0.25) is 14.6 Å². The topological polar surface area (TPSA) is 93.5 Å². The highest BCUT2D eigenvalue weighted by atomic mass is 16.5. The average molecular weight is 337 g/mol. The van der Waals surface area contributed by atoms with Crippen LogP contribution in [0.3, 0.4) is 0 Å². The lowest BCUT2D eigenvalue weighted by molar-refractivity contribution is 0.0994. The monoisotopic (exact) mass is 337 g/mol. The van der Waals surface area contributed by atoms with E-state index in [-0.39, 0.29) is 11.7 Å². The molecule has 7 heteroatoms. The molecule has 2 aromatic heterocycles. The van der Waals surface area contributed by atoms with Crippen LogP contribution in [0, 0.1) is 0 Å². The summed E-state index contributed by atoms with van der Waals surface area (Å²) in [5, 5.41) is 5.45. The summed E-state index contributed by atoms with van der Waals surface area (Å²) in [6.45, 7) is 0. The van der Waals surface area contributed by atoms with E-state index in [2.05, 4.69) is 15.6 Å². The number of pyridine rings is 1. The lowest BCUT2D eigenvalue weighted by Crippen LogP contribution is -2.14. The molecule has 126 valence electrons. The van der Waals surface area contributed by atoms with Crippen LogP contribution in [0.25, 0.3) is 0 Å². The maximum atomic E-state index is 12.2. The SMILES string of the molecule is COc1cc(NC(=O)c2cccnc2)ccc1NC(=O)c1ccco1. The number of aromatic nitrogens is 1. The zero-order valence-corrected chi connectivity index (χ0v) is 13.4. The highest BCUT2D eigenvalue weighted by molar-refractivity contribution is 6.05. The Bertz CT molecular complexity index is 877. The normalized spacial score (nSPS) is 10.1. The van der Waals surface area contributed by atoms with Gasteiger partial charge in [-0.15, -0.1) is 0 Å². The second-order valence-corrected chi connectivity index (χ2v) is 5.04. The summed E-state index contributed by atoms with van der Waals surface area (Å²) in [5.74, 6) is -0.0853. The Hall–Kier alpha value is -3.61. The quantitative estimate of drug-likeness (QED) is 0.746. The maximum Gasteiger partial charge on any atom is 0.291 e. The van der Waals surface area contributed by atoms with Crippen molar-refractivity contribution in [3.8, 4) is 5.75 Å². The van der Waals surface area contributed by atoms with Crippen LogP contribution in [0.1, 0.15) is 20.9 Å². The molecule has 0 fully saturated rings. The number of rotatable bonds is 5. The summed E-state index contributed by atoms with van der Waals surface area (Å²) in [6.07, 6.45) is 4.49. The van der Waals surface area contributed by atoms with Gasteiger partial charge >= 0.3 is 0 Å². The molecule has 0 unspecified atom stereocenters. The Balaban J connectivity index is 1.75. The highest BCUT2D eigenvalue weighted by Crippen LogP contribution is 2.28. The molecule has 1 aromatic carbocycles. The molecule has 2 heterocycles. The number of hydrogen-bond acceptors (Lipinski definition) is 5. The number of anilines is 2. The van der Waals surface area contributed by atoms with Gasteiger partial charge in [0.2, 0.25) is 0 Å². The van der Waals surface area contributed by atoms with E-state index in [1.165, 1.54) is 19.6 Å². The molecule has 3 rings (SSSR count). The first-order valence-corrected chi connectivity index (χ1v) is 7.41. The minimum Gasteiger partial charge on any atom is -0.494 e. The van der Waals surface area contributed by atoms with E-state index in [0.29, 0.717) is 22.7 Å². The van der Waals surface area contributed by atoms with Crippen LogP contribution in [0.2, 0.25) is 0 Å². The number of benzene rings is 1. The standard InChI is InChI=1S/C18H15N3O4/c1-24-16-10-13(20-17(22)12-4-2-8-19-11-12)6-7-14(16)21-18(23)15-5-3-9-25-15/h2-11H,1H3,(H,20,22)(H,21,23). The van der Waals surface area contributed by atoms with Gasteiger partial charge < -0.3 is 19.8 Å². The minimum atomic E-state index is -0.393. The van der Waals surface area contributed by atoms with Crippen LogP contribution < -0.4 is 15.4 Å². The van der Waals surface area contributed by atoms with Crippen molar-refractivity contribution < 1.29 is 18.7 Å². The molecule has 0 bridgehead atoms. The highest BCUT2D eigenvalue weighted by Gasteiger charge is 2.13. The number of carbonyl (C=O) groups excluding carboxylic acids is 2. The second kappa shape index (κ2) is 7.31. The van der Waals surface area contributed by atoms with Crippen LogP contribution in [-0.4, -0.2) is 23.9 Å². The Morgan fingerprint density at radius 3 is 2.64 bits per heavy atom. The third-order valence-electron chi connectivity index (χ3n) is 3.38. The lowest BCUT2D eigenvalue weighted by atomic mass is 10.2. The molecule has 25 heavy (non-hydrogen) atoms. The molecule has 2 amide bonds. The van der Waals surface area contributed by atoms with Gasteiger partial charge in [0.05, 0.1) is 24.6 Å². The number of nitrogens with one attached hydrogen (secondary N) is 2. The maximum absolute atomic E-state index is 12.2. The number of amides is 2. The minimum absolute atomic E-state index is 0.191. The Morgan fingerprint density at radius 1 is 1.08 bits per heavy atom. The Labute approximate surface area is 143 Å². The molecule has 0 radical (unpaired) electrons. The lowest BCUT2D eigenvalue weighted by Gasteiger charge is -2.12. The number of methoxy groups -OCH3 is 1. The van der Waals surface area contributed by atoms with Crippen molar-refractivity contribution in [2.45, 2.75) is 0 Å². The smallest absolute Gasteiger partial charge is 0.291 e. The van der Waals surface area contributed by atoms with E-state index in [0.717, 1.165) is 0 Å². The average Bonchev–Trinajstić information content (AvgIpc) is 3.18. The fourth-order valence-corrected chi connectivity index (χ4v) is 2.16. The van der Waals surface area contributed by atoms with Crippen molar-refractivity contribution in [1.29, 1.82) is 0 Å². The molecule has 0 aliphatic heterocycles. The molecule has 0 aliphatic rings. The summed E-state index contributed by atoms with van der Waals surface area (Å²) >= 11 is 0. The molecule has 0 saturated carbocycles. The van der Waals surface area contributed by atoms with Crippen molar-refractivity contribution >= 4 is 23.2 Å². The zero-order valence-electron chi connectivity index (χ0n) is 13.4. The first-order chi connectivity index (χ1) is 12.2. The zero-order chi connectivity index (χ0) is 17.6. The van der Waals surface area contributed by atoms with Gasteiger partial charge in [-0.2, -0.15) is 0 Å². The Morgan fingerprint density at radius 2 is 1.96 bits per heavy atom.